The van der Waals surface area contributed by atoms with Crippen LogP contribution in [0.15, 0.2) is 17.0 Å². The highest BCUT2D eigenvalue weighted by atomic mass is 32.2. The van der Waals surface area contributed by atoms with Crippen molar-refractivity contribution in [3.63, 3.8) is 0 Å². The summed E-state index contributed by atoms with van der Waals surface area (Å²) in [6.45, 7) is 10.6. The number of fused-ring (bicyclic) bond motifs is 1. The molecule has 3 aliphatic rings. The standard InChI is InChI=1S/C28H46N4O5S/c1-5-30-13-15-31(16-14-30)25-10-8-24(9-11-25)29(3)27(33)21-37-18-17-32-12-6-7-23-20-26(36-4)19-22(2)28(23)38(32,34)35/h19-20,24-25H,5-18,21H2,1-4H3. The first-order valence-electron chi connectivity index (χ1n) is 14.2. The third-order valence-electron chi connectivity index (χ3n) is 8.70. The zero-order valence-corrected chi connectivity index (χ0v) is 24.5. The maximum Gasteiger partial charge on any atom is 0.248 e. The van der Waals surface area contributed by atoms with Crippen molar-refractivity contribution in [1.29, 1.82) is 0 Å². The normalized spacial score (nSPS) is 24.9. The highest BCUT2D eigenvalue weighted by Gasteiger charge is 2.33. The second-order valence-corrected chi connectivity index (χ2v) is 12.8. The first-order chi connectivity index (χ1) is 18.2. The lowest BCUT2D eigenvalue weighted by molar-refractivity contribution is -0.137. The Kier molecular flexibility index (Phi) is 10.1. The number of rotatable bonds is 9. The van der Waals surface area contributed by atoms with Gasteiger partial charge in [-0.2, -0.15) is 4.31 Å². The summed E-state index contributed by atoms with van der Waals surface area (Å²) < 4.78 is 39.4. The molecule has 0 aromatic heterocycles. The summed E-state index contributed by atoms with van der Waals surface area (Å²) in [5.74, 6) is 0.649. The van der Waals surface area contributed by atoms with Crippen LogP contribution < -0.4 is 4.74 Å². The molecule has 10 heteroatoms. The van der Waals surface area contributed by atoms with Gasteiger partial charge in [0.2, 0.25) is 15.9 Å². The van der Waals surface area contributed by atoms with Crippen molar-refractivity contribution in [3.8, 4) is 5.75 Å². The van der Waals surface area contributed by atoms with Gasteiger partial charge in [0.05, 0.1) is 18.6 Å². The van der Waals surface area contributed by atoms with E-state index in [4.69, 9.17) is 9.47 Å². The number of carbonyl (C=O) groups is 1. The molecule has 1 amide bonds. The van der Waals surface area contributed by atoms with Gasteiger partial charge in [0, 0.05) is 58.4 Å². The average Bonchev–Trinajstić information content (AvgIpc) is 3.05. The zero-order valence-electron chi connectivity index (χ0n) is 23.7. The molecule has 2 heterocycles. The van der Waals surface area contributed by atoms with Gasteiger partial charge in [0.1, 0.15) is 12.4 Å². The molecule has 4 rings (SSSR count). The van der Waals surface area contributed by atoms with Crippen LogP contribution in [0, 0.1) is 6.92 Å². The van der Waals surface area contributed by atoms with Gasteiger partial charge >= 0.3 is 0 Å². The van der Waals surface area contributed by atoms with E-state index in [1.165, 1.54) is 4.31 Å². The smallest absolute Gasteiger partial charge is 0.248 e. The number of benzene rings is 1. The Hall–Kier alpha value is -1.72. The van der Waals surface area contributed by atoms with E-state index < -0.39 is 10.0 Å². The maximum atomic E-state index is 13.4. The second kappa shape index (κ2) is 13.1. The Balaban J connectivity index is 1.21. The Morgan fingerprint density at radius 2 is 1.79 bits per heavy atom. The number of piperazine rings is 1. The number of hydrogen-bond acceptors (Lipinski definition) is 7. The van der Waals surface area contributed by atoms with Crippen molar-refractivity contribution in [2.24, 2.45) is 0 Å². The van der Waals surface area contributed by atoms with Crippen LogP contribution in [0.25, 0.3) is 0 Å². The van der Waals surface area contributed by atoms with Crippen LogP contribution in [0.3, 0.4) is 0 Å². The van der Waals surface area contributed by atoms with Gasteiger partial charge in [-0.25, -0.2) is 8.42 Å². The van der Waals surface area contributed by atoms with Crippen molar-refractivity contribution in [2.75, 3.05) is 73.2 Å². The van der Waals surface area contributed by atoms with Gasteiger partial charge in [-0.15, -0.1) is 0 Å². The van der Waals surface area contributed by atoms with Crippen LogP contribution >= 0.6 is 0 Å². The molecule has 0 radical (unpaired) electrons. The predicted octanol–water partition coefficient (Wildman–Crippen LogP) is 2.36. The zero-order chi connectivity index (χ0) is 27.3. The summed E-state index contributed by atoms with van der Waals surface area (Å²) in [5.41, 5.74) is 1.50. The van der Waals surface area contributed by atoms with Gasteiger partial charge in [0.15, 0.2) is 0 Å². The topological polar surface area (TPSA) is 82.6 Å². The van der Waals surface area contributed by atoms with E-state index in [-0.39, 0.29) is 31.7 Å². The quantitative estimate of drug-likeness (QED) is 0.437. The first kappa shape index (κ1) is 29.3. The van der Waals surface area contributed by atoms with E-state index in [1.807, 2.05) is 24.9 Å². The molecule has 0 unspecified atom stereocenters. The van der Waals surface area contributed by atoms with Crippen LogP contribution in [0.1, 0.15) is 50.2 Å². The maximum absolute atomic E-state index is 13.4. The number of methoxy groups -OCH3 is 1. The lowest BCUT2D eigenvalue weighted by Gasteiger charge is -2.43. The van der Waals surface area contributed by atoms with E-state index in [0.29, 0.717) is 35.2 Å². The molecule has 214 valence electrons. The molecule has 1 saturated carbocycles. The third kappa shape index (κ3) is 6.70. The molecule has 0 spiro atoms. The van der Waals surface area contributed by atoms with E-state index in [9.17, 15) is 13.2 Å². The molecule has 2 aliphatic heterocycles. The summed E-state index contributed by atoms with van der Waals surface area (Å²) in [5, 5.41) is 0. The summed E-state index contributed by atoms with van der Waals surface area (Å²) in [4.78, 5) is 20.2. The van der Waals surface area contributed by atoms with Gasteiger partial charge in [-0.05, 0) is 75.3 Å². The van der Waals surface area contributed by atoms with Crippen molar-refractivity contribution >= 4 is 15.9 Å². The van der Waals surface area contributed by atoms with Crippen LogP contribution in [0.2, 0.25) is 0 Å². The van der Waals surface area contributed by atoms with E-state index in [1.54, 1.807) is 13.2 Å². The molecule has 1 aromatic rings. The summed E-state index contributed by atoms with van der Waals surface area (Å²) in [6.07, 6.45) is 5.73. The van der Waals surface area contributed by atoms with Crippen LogP contribution in [-0.2, 0) is 26.0 Å². The van der Waals surface area contributed by atoms with Crippen molar-refractivity contribution in [1.82, 2.24) is 19.0 Å². The number of hydrogen-bond donors (Lipinski definition) is 0. The number of likely N-dealkylation sites (N-methyl/N-ethyl adjacent to an activating group) is 2. The van der Waals surface area contributed by atoms with Gasteiger partial charge < -0.3 is 19.3 Å². The van der Waals surface area contributed by atoms with Crippen LogP contribution in [0.5, 0.6) is 5.75 Å². The van der Waals surface area contributed by atoms with E-state index in [0.717, 1.165) is 70.4 Å². The molecular formula is C28H46N4O5S. The Morgan fingerprint density at radius 3 is 2.45 bits per heavy atom. The molecule has 38 heavy (non-hydrogen) atoms. The summed E-state index contributed by atoms with van der Waals surface area (Å²) in [7, 11) is -0.161. The predicted molar refractivity (Wildman–Crippen MR) is 148 cm³/mol. The fourth-order valence-electron chi connectivity index (χ4n) is 6.30. The Morgan fingerprint density at radius 1 is 1.08 bits per heavy atom. The third-order valence-corrected chi connectivity index (χ3v) is 10.8. The second-order valence-electron chi connectivity index (χ2n) is 10.9. The Labute approximate surface area is 229 Å². The lowest BCUT2D eigenvalue weighted by Crippen LogP contribution is -2.52. The van der Waals surface area contributed by atoms with E-state index >= 15 is 0 Å². The number of ether oxygens (including phenoxy) is 2. The minimum Gasteiger partial charge on any atom is -0.497 e. The van der Waals surface area contributed by atoms with Crippen LogP contribution in [-0.4, -0.2) is 119 Å². The monoisotopic (exact) mass is 550 g/mol. The Bertz CT molecular complexity index is 1050. The molecule has 1 aromatic carbocycles. The molecule has 9 nitrogen and oxygen atoms in total. The minimum atomic E-state index is -3.63. The molecule has 0 bridgehead atoms. The number of nitrogens with zero attached hydrogens (tertiary/aromatic N) is 4. The molecule has 0 atom stereocenters. The van der Waals surface area contributed by atoms with Gasteiger partial charge in [0.25, 0.3) is 0 Å². The molecular weight excluding hydrogens is 504 g/mol. The number of carbonyl (C=O) groups excluding carboxylic acids is 1. The van der Waals surface area contributed by atoms with Crippen LogP contribution in [0.4, 0.5) is 0 Å². The van der Waals surface area contributed by atoms with Gasteiger partial charge in [-0.1, -0.05) is 6.92 Å². The SMILES string of the molecule is CCN1CCN(C2CCC(N(C)C(=O)COCCN3CCCc4cc(OC)cc(C)c4S3(=O)=O)CC2)CC1. The minimum absolute atomic E-state index is 0.0178. The van der Waals surface area contributed by atoms with Gasteiger partial charge in [-0.3, -0.25) is 9.69 Å². The van der Waals surface area contributed by atoms with Crippen molar-refractivity contribution in [2.45, 2.75) is 69.4 Å². The van der Waals surface area contributed by atoms with E-state index in [2.05, 4.69) is 16.7 Å². The summed E-state index contributed by atoms with van der Waals surface area (Å²) in [6, 6.07) is 4.48. The highest BCUT2D eigenvalue weighted by Crippen LogP contribution is 2.32. The van der Waals surface area contributed by atoms with Crippen molar-refractivity contribution < 1.29 is 22.7 Å². The average molecular weight is 551 g/mol. The first-order valence-corrected chi connectivity index (χ1v) is 15.7. The molecule has 1 saturated heterocycles. The summed E-state index contributed by atoms with van der Waals surface area (Å²) >= 11 is 0. The fraction of sp³-hybridized carbons (Fsp3) is 0.750. The number of amides is 1. The number of sulfonamides is 1. The lowest BCUT2D eigenvalue weighted by atomic mass is 9.89. The highest BCUT2D eigenvalue weighted by molar-refractivity contribution is 7.89. The molecule has 1 aliphatic carbocycles. The molecule has 2 fully saturated rings. The number of aryl methyl sites for hydroxylation is 2. The largest absolute Gasteiger partial charge is 0.497 e. The fourth-order valence-corrected chi connectivity index (χ4v) is 8.20. The molecule has 0 N–H and O–H groups in total. The van der Waals surface area contributed by atoms with Crippen molar-refractivity contribution in [3.05, 3.63) is 23.3 Å².